The Labute approximate surface area is 95.2 Å². The number of nitrogens with zero attached hydrogens (tertiary/aromatic N) is 1. The molecule has 1 saturated carbocycles. The molecule has 0 saturated heterocycles. The van der Waals surface area contributed by atoms with Crippen molar-refractivity contribution in [2.45, 2.75) is 59.0 Å². The molecule has 0 amide bonds. The molecule has 0 bridgehead atoms. The van der Waals surface area contributed by atoms with Gasteiger partial charge in [0.1, 0.15) is 0 Å². The molecule has 2 nitrogen and oxygen atoms in total. The third-order valence-corrected chi connectivity index (χ3v) is 5.05. The lowest BCUT2D eigenvalue weighted by atomic mass is 9.80. The van der Waals surface area contributed by atoms with Gasteiger partial charge >= 0.3 is 0 Å². The lowest BCUT2D eigenvalue weighted by Crippen LogP contribution is -2.59. The number of hydrogen-bond donors (Lipinski definition) is 1. The number of hydrogen-bond acceptors (Lipinski definition) is 2. The lowest BCUT2D eigenvalue weighted by molar-refractivity contribution is 0.0241. The Morgan fingerprint density at radius 2 is 1.80 bits per heavy atom. The second-order valence-corrected chi connectivity index (χ2v) is 6.13. The van der Waals surface area contributed by atoms with E-state index in [4.69, 9.17) is 5.73 Å². The second kappa shape index (κ2) is 4.06. The molecule has 1 aliphatic carbocycles. The summed E-state index contributed by atoms with van der Waals surface area (Å²) >= 11 is 0. The van der Waals surface area contributed by atoms with Crippen molar-refractivity contribution in [2.24, 2.45) is 17.1 Å². The summed E-state index contributed by atoms with van der Waals surface area (Å²) < 4.78 is 0. The summed E-state index contributed by atoms with van der Waals surface area (Å²) in [5.74, 6) is 0.684. The standard InChI is InChI=1S/C13H28N2/c1-10(2)11(3)15(6)13(5,9-14)12(4)7-8-12/h10-11H,7-9,14H2,1-6H3. The van der Waals surface area contributed by atoms with E-state index in [-0.39, 0.29) is 5.54 Å². The van der Waals surface area contributed by atoms with E-state index >= 15 is 0 Å². The van der Waals surface area contributed by atoms with Gasteiger partial charge in [0.25, 0.3) is 0 Å². The number of nitrogens with two attached hydrogens (primary N) is 1. The molecule has 0 spiro atoms. The van der Waals surface area contributed by atoms with Crippen LogP contribution in [0.25, 0.3) is 0 Å². The summed E-state index contributed by atoms with van der Waals surface area (Å²) in [5, 5.41) is 0. The summed E-state index contributed by atoms with van der Waals surface area (Å²) in [6, 6.07) is 0.593. The van der Waals surface area contributed by atoms with Crippen LogP contribution < -0.4 is 5.73 Å². The van der Waals surface area contributed by atoms with Crippen molar-refractivity contribution in [3.05, 3.63) is 0 Å². The molecular formula is C13H28N2. The SMILES string of the molecule is CC(C)C(C)N(C)C(C)(CN)C1(C)CC1. The van der Waals surface area contributed by atoms with Crippen LogP contribution in [-0.2, 0) is 0 Å². The summed E-state index contributed by atoms with van der Waals surface area (Å²) in [5.41, 5.74) is 6.64. The first-order chi connectivity index (χ1) is 6.78. The summed E-state index contributed by atoms with van der Waals surface area (Å²) in [6.07, 6.45) is 2.66. The van der Waals surface area contributed by atoms with Crippen molar-refractivity contribution >= 4 is 0 Å². The maximum Gasteiger partial charge on any atom is 0.0356 e. The molecule has 2 N–H and O–H groups in total. The highest BCUT2D eigenvalue weighted by Gasteiger charge is 2.55. The van der Waals surface area contributed by atoms with Gasteiger partial charge in [0, 0.05) is 18.1 Å². The fraction of sp³-hybridized carbons (Fsp3) is 1.00. The molecule has 2 unspecified atom stereocenters. The van der Waals surface area contributed by atoms with Crippen molar-refractivity contribution < 1.29 is 0 Å². The van der Waals surface area contributed by atoms with Crippen LogP contribution in [0, 0.1) is 11.3 Å². The van der Waals surface area contributed by atoms with Crippen LogP contribution in [0.2, 0.25) is 0 Å². The molecule has 0 aromatic rings. The van der Waals surface area contributed by atoms with E-state index in [1.165, 1.54) is 12.8 Å². The lowest BCUT2D eigenvalue weighted by Gasteiger charge is -2.47. The van der Waals surface area contributed by atoms with Gasteiger partial charge in [0.15, 0.2) is 0 Å². The summed E-state index contributed by atoms with van der Waals surface area (Å²) in [7, 11) is 2.24. The van der Waals surface area contributed by atoms with Crippen molar-refractivity contribution in [3.63, 3.8) is 0 Å². The fourth-order valence-electron chi connectivity index (χ4n) is 2.44. The molecule has 15 heavy (non-hydrogen) atoms. The largest absolute Gasteiger partial charge is 0.329 e. The smallest absolute Gasteiger partial charge is 0.0356 e. The highest BCUT2D eigenvalue weighted by Crippen LogP contribution is 2.55. The Balaban J connectivity index is 2.82. The Hall–Kier alpha value is -0.0800. The Morgan fingerprint density at radius 3 is 2.07 bits per heavy atom. The van der Waals surface area contributed by atoms with Crippen LogP contribution >= 0.6 is 0 Å². The Bertz CT molecular complexity index is 221. The van der Waals surface area contributed by atoms with Crippen LogP contribution in [0.1, 0.15) is 47.5 Å². The van der Waals surface area contributed by atoms with Gasteiger partial charge in [-0.2, -0.15) is 0 Å². The van der Waals surface area contributed by atoms with E-state index in [0.29, 0.717) is 17.4 Å². The number of rotatable bonds is 5. The quantitative estimate of drug-likeness (QED) is 0.758. The predicted octanol–water partition coefficient (Wildman–Crippen LogP) is 2.48. The molecule has 2 heteroatoms. The molecule has 1 fully saturated rings. The van der Waals surface area contributed by atoms with E-state index < -0.39 is 0 Å². The van der Waals surface area contributed by atoms with Crippen LogP contribution in [0.3, 0.4) is 0 Å². The van der Waals surface area contributed by atoms with Gasteiger partial charge in [-0.05, 0) is 45.1 Å². The molecule has 1 rings (SSSR count). The van der Waals surface area contributed by atoms with Crippen LogP contribution in [0.5, 0.6) is 0 Å². The first-order valence-corrected chi connectivity index (χ1v) is 6.21. The Morgan fingerprint density at radius 1 is 1.33 bits per heavy atom. The minimum absolute atomic E-state index is 0.163. The zero-order valence-electron chi connectivity index (χ0n) is 11.3. The minimum atomic E-state index is 0.163. The van der Waals surface area contributed by atoms with E-state index in [1.807, 2.05) is 0 Å². The topological polar surface area (TPSA) is 29.3 Å². The van der Waals surface area contributed by atoms with E-state index in [1.54, 1.807) is 0 Å². The highest BCUT2D eigenvalue weighted by molar-refractivity contribution is 5.09. The molecule has 0 aromatic carbocycles. The minimum Gasteiger partial charge on any atom is -0.329 e. The van der Waals surface area contributed by atoms with Crippen LogP contribution in [0.15, 0.2) is 0 Å². The fourth-order valence-corrected chi connectivity index (χ4v) is 2.44. The zero-order chi connectivity index (χ0) is 11.9. The average Bonchev–Trinajstić information content (AvgIpc) is 2.94. The zero-order valence-corrected chi connectivity index (χ0v) is 11.3. The summed E-state index contributed by atoms with van der Waals surface area (Å²) in [4.78, 5) is 2.50. The molecule has 0 heterocycles. The Kier molecular flexibility index (Phi) is 3.52. The average molecular weight is 212 g/mol. The maximum absolute atomic E-state index is 6.03. The maximum atomic E-state index is 6.03. The van der Waals surface area contributed by atoms with Crippen molar-refractivity contribution in [2.75, 3.05) is 13.6 Å². The normalized spacial score (nSPS) is 25.4. The van der Waals surface area contributed by atoms with E-state index in [9.17, 15) is 0 Å². The van der Waals surface area contributed by atoms with Gasteiger partial charge in [-0.25, -0.2) is 0 Å². The third-order valence-electron chi connectivity index (χ3n) is 5.05. The van der Waals surface area contributed by atoms with Gasteiger partial charge in [0.05, 0.1) is 0 Å². The summed E-state index contributed by atoms with van der Waals surface area (Å²) in [6.45, 7) is 12.4. The van der Waals surface area contributed by atoms with Crippen molar-refractivity contribution in [1.82, 2.24) is 4.90 Å². The van der Waals surface area contributed by atoms with Crippen LogP contribution in [-0.4, -0.2) is 30.1 Å². The van der Waals surface area contributed by atoms with Gasteiger partial charge in [0.2, 0.25) is 0 Å². The molecule has 0 aliphatic heterocycles. The molecule has 2 atom stereocenters. The van der Waals surface area contributed by atoms with Crippen LogP contribution in [0.4, 0.5) is 0 Å². The van der Waals surface area contributed by atoms with E-state index in [0.717, 1.165) is 6.54 Å². The molecule has 90 valence electrons. The van der Waals surface area contributed by atoms with Gasteiger partial charge in [-0.1, -0.05) is 20.8 Å². The molecular weight excluding hydrogens is 184 g/mol. The monoisotopic (exact) mass is 212 g/mol. The first-order valence-electron chi connectivity index (χ1n) is 6.21. The first kappa shape index (κ1) is 13.0. The third kappa shape index (κ3) is 2.07. The van der Waals surface area contributed by atoms with Gasteiger partial charge in [-0.15, -0.1) is 0 Å². The second-order valence-electron chi connectivity index (χ2n) is 6.13. The van der Waals surface area contributed by atoms with Crippen molar-refractivity contribution in [1.29, 1.82) is 0 Å². The molecule has 0 aromatic heterocycles. The van der Waals surface area contributed by atoms with Gasteiger partial charge < -0.3 is 5.73 Å². The highest BCUT2D eigenvalue weighted by atomic mass is 15.2. The number of likely N-dealkylation sites (N-methyl/N-ethyl adjacent to an activating group) is 1. The molecule has 1 aliphatic rings. The predicted molar refractivity (Wildman–Crippen MR) is 66.9 cm³/mol. The van der Waals surface area contributed by atoms with Crippen molar-refractivity contribution in [3.8, 4) is 0 Å². The molecule has 0 radical (unpaired) electrons. The van der Waals surface area contributed by atoms with E-state index in [2.05, 4.69) is 46.6 Å². The van der Waals surface area contributed by atoms with Gasteiger partial charge in [-0.3, -0.25) is 4.90 Å².